The van der Waals surface area contributed by atoms with Crippen molar-refractivity contribution in [3.63, 3.8) is 0 Å². The van der Waals surface area contributed by atoms with E-state index in [0.717, 1.165) is 57.6 Å². The quantitative estimate of drug-likeness (QED) is 0.306. The van der Waals surface area contributed by atoms with Gasteiger partial charge in [-0.15, -0.1) is 0 Å². The molecule has 2 aromatic heterocycles. The van der Waals surface area contributed by atoms with Gasteiger partial charge in [0, 0.05) is 48.6 Å². The summed E-state index contributed by atoms with van der Waals surface area (Å²) >= 11 is 6.66. The summed E-state index contributed by atoms with van der Waals surface area (Å²) in [5.74, 6) is -0.806. The fraction of sp³-hybridized carbons (Fsp3) is 0.606. The molecule has 2 unspecified atom stereocenters. The number of likely N-dealkylation sites (tertiary alicyclic amines) is 1. The van der Waals surface area contributed by atoms with Crippen molar-refractivity contribution in [1.29, 1.82) is 0 Å². The number of aliphatic hydroxyl groups excluding tert-OH is 1. The minimum Gasteiger partial charge on any atom is -0.463 e. The molecule has 4 aliphatic rings. The molecule has 47 heavy (non-hydrogen) atoms. The highest BCUT2D eigenvalue weighted by molar-refractivity contribution is 6.34. The molecule has 3 aromatic rings. The predicted molar refractivity (Wildman–Crippen MR) is 172 cm³/mol. The second-order valence-electron chi connectivity index (χ2n) is 13.8. The number of piperazine rings is 1. The van der Waals surface area contributed by atoms with Crippen molar-refractivity contribution in [3.8, 4) is 17.3 Å². The van der Waals surface area contributed by atoms with Gasteiger partial charge in [0.05, 0.1) is 35.1 Å². The van der Waals surface area contributed by atoms with E-state index < -0.39 is 28.8 Å². The van der Waals surface area contributed by atoms with E-state index in [4.69, 9.17) is 27.1 Å². The van der Waals surface area contributed by atoms with Gasteiger partial charge in [-0.1, -0.05) is 18.0 Å². The number of hydrogen-bond donors (Lipinski definition) is 2. The maximum absolute atomic E-state index is 16.8. The lowest BCUT2D eigenvalue weighted by molar-refractivity contribution is -0.137. The Labute approximate surface area is 276 Å². The first-order valence-electron chi connectivity index (χ1n) is 16.4. The van der Waals surface area contributed by atoms with Crippen LogP contribution in [0.15, 0.2) is 12.1 Å². The van der Waals surface area contributed by atoms with Crippen LogP contribution in [0, 0.1) is 18.2 Å². The van der Waals surface area contributed by atoms with Crippen LogP contribution in [0.5, 0.6) is 6.01 Å². The fourth-order valence-electron chi connectivity index (χ4n) is 8.95. The van der Waals surface area contributed by atoms with Crippen LogP contribution in [0.25, 0.3) is 22.2 Å². The lowest BCUT2D eigenvalue weighted by Crippen LogP contribution is -2.54. The second-order valence-corrected chi connectivity index (χ2v) is 14.2. The average Bonchev–Trinajstić information content (AvgIpc) is 3.53. The molecule has 254 valence electrons. The van der Waals surface area contributed by atoms with Gasteiger partial charge in [0.15, 0.2) is 5.82 Å². The third-order valence-corrected chi connectivity index (χ3v) is 11.3. The van der Waals surface area contributed by atoms with Gasteiger partial charge in [-0.25, -0.2) is 9.37 Å². The maximum Gasteiger partial charge on any atom is 0.418 e. The Kier molecular flexibility index (Phi) is 8.42. The van der Waals surface area contributed by atoms with E-state index in [1.54, 1.807) is 0 Å². The Morgan fingerprint density at radius 2 is 1.81 bits per heavy atom. The van der Waals surface area contributed by atoms with Crippen LogP contribution >= 0.6 is 11.6 Å². The van der Waals surface area contributed by atoms with Gasteiger partial charge in [-0.05, 0) is 76.7 Å². The predicted octanol–water partition coefficient (Wildman–Crippen LogP) is 5.68. The summed E-state index contributed by atoms with van der Waals surface area (Å²) in [4.78, 5) is 20.1. The number of nitrogen functional groups attached to an aromatic ring is 1. The van der Waals surface area contributed by atoms with Crippen molar-refractivity contribution >= 4 is 34.1 Å². The Morgan fingerprint density at radius 1 is 1.09 bits per heavy atom. The van der Waals surface area contributed by atoms with Crippen molar-refractivity contribution in [3.05, 3.63) is 34.1 Å². The van der Waals surface area contributed by atoms with Crippen molar-refractivity contribution in [2.45, 2.75) is 76.2 Å². The standard InChI is InChI=1S/C33H40ClF4N7O2/c1-18-13-24(39)40-29(26(18)33(36,37)38)25-22(34)14-21-28(27(25)35)41-31(47-17-32-8-3-5-23(32)43(2)10-4-9-32)42-30(21)44-15-19-6-7-20(16-44)45(19)11-12-46/h13-14,19-20,23,46H,3-12,15-17H2,1-2H3,(H2,39,40)/t19?,20?,23-,32-/m1/s1. The normalized spacial score (nSPS) is 26.7. The molecule has 1 aromatic carbocycles. The number of alkyl halides is 3. The van der Waals surface area contributed by atoms with Crippen LogP contribution < -0.4 is 15.4 Å². The number of fused-ring (bicyclic) bond motifs is 4. The third kappa shape index (κ3) is 5.66. The van der Waals surface area contributed by atoms with Crippen LogP contribution in [0.2, 0.25) is 5.02 Å². The summed E-state index contributed by atoms with van der Waals surface area (Å²) < 4.78 is 66.2. The average molecular weight is 678 g/mol. The van der Waals surface area contributed by atoms with Gasteiger partial charge in [0.1, 0.15) is 17.2 Å². The van der Waals surface area contributed by atoms with Crippen LogP contribution in [0.1, 0.15) is 56.1 Å². The lowest BCUT2D eigenvalue weighted by Gasteiger charge is -2.44. The number of nitrogens with zero attached hydrogens (tertiary/aromatic N) is 6. The van der Waals surface area contributed by atoms with E-state index >= 15 is 4.39 Å². The van der Waals surface area contributed by atoms with Crippen molar-refractivity contribution < 1.29 is 27.4 Å². The summed E-state index contributed by atoms with van der Waals surface area (Å²) in [5.41, 5.74) is 3.10. The molecule has 4 atom stereocenters. The molecule has 2 bridgehead atoms. The number of anilines is 2. The van der Waals surface area contributed by atoms with Gasteiger partial charge in [0.2, 0.25) is 0 Å². The fourth-order valence-corrected chi connectivity index (χ4v) is 9.23. The number of hydrogen-bond acceptors (Lipinski definition) is 9. The number of halogens is 5. The minimum atomic E-state index is -4.84. The molecule has 0 spiro atoms. The van der Waals surface area contributed by atoms with Gasteiger partial charge in [-0.3, -0.25) is 4.90 Å². The van der Waals surface area contributed by atoms with Gasteiger partial charge in [0.25, 0.3) is 0 Å². The van der Waals surface area contributed by atoms with Gasteiger partial charge < -0.3 is 25.4 Å². The Hall–Kier alpha value is -3.00. The number of piperidine rings is 1. The Bertz CT molecular complexity index is 1680. The Balaban J connectivity index is 1.36. The number of aromatic nitrogens is 3. The van der Waals surface area contributed by atoms with Crippen molar-refractivity contribution in [2.24, 2.45) is 5.41 Å². The third-order valence-electron chi connectivity index (χ3n) is 11.0. The van der Waals surface area contributed by atoms with Crippen LogP contribution in [-0.2, 0) is 6.18 Å². The Morgan fingerprint density at radius 3 is 2.51 bits per heavy atom. The zero-order valence-corrected chi connectivity index (χ0v) is 27.3. The molecule has 14 heteroatoms. The second kappa shape index (κ2) is 12.2. The number of nitrogens with two attached hydrogens (primary N) is 1. The molecule has 1 saturated carbocycles. The van der Waals surface area contributed by atoms with E-state index in [2.05, 4.69) is 31.7 Å². The van der Waals surface area contributed by atoms with E-state index in [1.807, 2.05) is 0 Å². The number of benzene rings is 1. The van der Waals surface area contributed by atoms with Crippen LogP contribution in [0.4, 0.5) is 29.2 Å². The smallest absolute Gasteiger partial charge is 0.418 e. The first-order valence-corrected chi connectivity index (χ1v) is 16.8. The monoisotopic (exact) mass is 677 g/mol. The summed E-state index contributed by atoms with van der Waals surface area (Å²) in [6.07, 6.45) is 2.29. The van der Waals surface area contributed by atoms with E-state index in [9.17, 15) is 18.3 Å². The summed E-state index contributed by atoms with van der Waals surface area (Å²) in [5, 5.41) is 9.67. The molecule has 0 radical (unpaired) electrons. The van der Waals surface area contributed by atoms with Crippen molar-refractivity contribution in [1.82, 2.24) is 24.8 Å². The topological polar surface area (TPSA) is 104 Å². The molecule has 9 nitrogen and oxygen atoms in total. The number of rotatable bonds is 7. The molecule has 4 fully saturated rings. The zero-order chi connectivity index (χ0) is 33.2. The van der Waals surface area contributed by atoms with E-state index in [-0.39, 0.29) is 57.4 Å². The lowest BCUT2D eigenvalue weighted by atomic mass is 9.76. The highest BCUT2D eigenvalue weighted by Crippen LogP contribution is 2.48. The first kappa shape index (κ1) is 32.5. The summed E-state index contributed by atoms with van der Waals surface area (Å²) in [7, 11) is 2.14. The molecule has 7 rings (SSSR count). The van der Waals surface area contributed by atoms with Crippen LogP contribution in [0.3, 0.4) is 0 Å². The largest absolute Gasteiger partial charge is 0.463 e. The minimum absolute atomic E-state index is 0.0224. The number of pyridine rings is 1. The molecule has 5 heterocycles. The number of ether oxygens (including phenoxy) is 1. The van der Waals surface area contributed by atoms with Gasteiger partial charge in [-0.2, -0.15) is 23.1 Å². The molecule has 0 amide bonds. The number of aliphatic hydroxyl groups is 1. The number of aryl methyl sites for hydroxylation is 1. The van der Waals surface area contributed by atoms with E-state index in [0.29, 0.717) is 38.1 Å². The molecular formula is C33H40ClF4N7O2. The van der Waals surface area contributed by atoms with E-state index in [1.165, 1.54) is 13.0 Å². The first-order chi connectivity index (χ1) is 22.4. The SMILES string of the molecule is Cc1cc(N)nc(-c2c(Cl)cc3c(N4CC5CCC(C4)N5CCO)nc(OC[C@]45CCC[C@H]4N(C)CCC5)nc3c2F)c1C(F)(F)F. The maximum atomic E-state index is 16.8. The van der Waals surface area contributed by atoms with Crippen molar-refractivity contribution in [2.75, 3.05) is 57.1 Å². The molecule has 3 aliphatic heterocycles. The summed E-state index contributed by atoms with van der Waals surface area (Å²) in [6.45, 7) is 4.42. The summed E-state index contributed by atoms with van der Waals surface area (Å²) in [6, 6.07) is 3.21. The highest BCUT2D eigenvalue weighted by atomic mass is 35.5. The molecule has 3 N–H and O–H groups in total. The molecule has 3 saturated heterocycles. The zero-order valence-electron chi connectivity index (χ0n) is 26.6. The highest BCUT2D eigenvalue weighted by Gasteiger charge is 2.48. The van der Waals surface area contributed by atoms with Crippen LogP contribution in [-0.4, -0.2) is 94.4 Å². The van der Waals surface area contributed by atoms with Gasteiger partial charge >= 0.3 is 12.2 Å². The molecular weight excluding hydrogens is 638 g/mol. The molecule has 1 aliphatic carbocycles.